The zero-order valence-electron chi connectivity index (χ0n) is 11.4. The molecule has 1 unspecified atom stereocenters. The summed E-state index contributed by atoms with van der Waals surface area (Å²) >= 11 is 0. The molecule has 0 spiro atoms. The van der Waals surface area contributed by atoms with Crippen LogP contribution in [-0.4, -0.2) is 5.78 Å². The van der Waals surface area contributed by atoms with E-state index in [0.29, 0.717) is 6.61 Å². The third-order valence-electron chi connectivity index (χ3n) is 3.67. The molecular weight excluding hydrogens is 236 g/mol. The van der Waals surface area contributed by atoms with Crippen molar-refractivity contribution in [1.29, 1.82) is 0 Å². The van der Waals surface area contributed by atoms with Crippen LogP contribution in [0.2, 0.25) is 0 Å². The van der Waals surface area contributed by atoms with Gasteiger partial charge < -0.3 is 4.74 Å². The largest absolute Gasteiger partial charge is 0.493 e. The van der Waals surface area contributed by atoms with Crippen molar-refractivity contribution >= 4 is 5.78 Å². The summed E-state index contributed by atoms with van der Waals surface area (Å²) in [6.07, 6.45) is 5.87. The maximum absolute atomic E-state index is 12.1. The average Bonchev–Trinajstić information content (AvgIpc) is 2.42. The molecule has 0 bridgehead atoms. The Labute approximate surface area is 114 Å². The van der Waals surface area contributed by atoms with E-state index in [9.17, 15) is 4.79 Å². The second-order valence-corrected chi connectivity index (χ2v) is 5.30. The number of carbonyl (C=O) groups excluding carboxylic acids is 1. The van der Waals surface area contributed by atoms with Crippen molar-refractivity contribution in [2.45, 2.75) is 32.8 Å². The predicted octanol–water partition coefficient (Wildman–Crippen LogP) is 4.03. The topological polar surface area (TPSA) is 26.3 Å². The van der Waals surface area contributed by atoms with Crippen LogP contribution in [0.15, 0.2) is 54.8 Å². The number of rotatable bonds is 5. The molecule has 0 aromatic heterocycles. The molecule has 0 radical (unpaired) electrons. The van der Waals surface area contributed by atoms with E-state index in [2.05, 4.69) is 6.58 Å². The lowest BCUT2D eigenvalue weighted by molar-refractivity contribution is -0.124. The van der Waals surface area contributed by atoms with Crippen LogP contribution in [0.25, 0.3) is 0 Å². The van der Waals surface area contributed by atoms with Crippen molar-refractivity contribution in [3.8, 4) is 0 Å². The summed E-state index contributed by atoms with van der Waals surface area (Å²) in [6, 6.07) is 9.99. The van der Waals surface area contributed by atoms with E-state index in [-0.39, 0.29) is 11.2 Å². The van der Waals surface area contributed by atoms with Crippen molar-refractivity contribution < 1.29 is 9.53 Å². The zero-order valence-corrected chi connectivity index (χ0v) is 11.4. The standard InChI is InChI=1S/C17H20O2/c1-3-10-17(2)11-9-15(12-16(17)18)19-13-14-7-5-4-6-8-14/h3-8,12H,1,9-11,13H2,2H3. The Hall–Kier alpha value is -1.83. The fourth-order valence-corrected chi connectivity index (χ4v) is 2.30. The van der Waals surface area contributed by atoms with Crippen LogP contribution in [0.4, 0.5) is 0 Å². The highest BCUT2D eigenvalue weighted by molar-refractivity contribution is 5.95. The molecule has 0 N–H and O–H groups in total. The summed E-state index contributed by atoms with van der Waals surface area (Å²) in [4.78, 5) is 12.1. The highest BCUT2D eigenvalue weighted by Crippen LogP contribution is 2.36. The van der Waals surface area contributed by atoms with Gasteiger partial charge in [-0.15, -0.1) is 6.58 Å². The van der Waals surface area contributed by atoms with Gasteiger partial charge in [0.2, 0.25) is 0 Å². The van der Waals surface area contributed by atoms with Gasteiger partial charge >= 0.3 is 0 Å². The molecule has 0 heterocycles. The van der Waals surface area contributed by atoms with Gasteiger partial charge in [-0.3, -0.25) is 4.79 Å². The first-order chi connectivity index (χ1) is 9.14. The lowest BCUT2D eigenvalue weighted by Gasteiger charge is -2.30. The van der Waals surface area contributed by atoms with Gasteiger partial charge in [-0.25, -0.2) is 0 Å². The molecular formula is C17H20O2. The number of ketones is 1. The summed E-state index contributed by atoms with van der Waals surface area (Å²) in [7, 11) is 0. The van der Waals surface area contributed by atoms with E-state index in [4.69, 9.17) is 4.74 Å². The molecule has 2 rings (SSSR count). The first-order valence-electron chi connectivity index (χ1n) is 6.67. The van der Waals surface area contributed by atoms with Crippen molar-refractivity contribution in [1.82, 2.24) is 0 Å². The van der Waals surface area contributed by atoms with E-state index in [1.807, 2.05) is 43.3 Å². The number of hydrogen-bond donors (Lipinski definition) is 0. The van der Waals surface area contributed by atoms with Crippen molar-refractivity contribution in [2.75, 3.05) is 0 Å². The summed E-state index contributed by atoms with van der Waals surface area (Å²) in [5, 5.41) is 0. The highest BCUT2D eigenvalue weighted by Gasteiger charge is 2.34. The molecule has 19 heavy (non-hydrogen) atoms. The Balaban J connectivity index is 1.97. The molecule has 1 aliphatic rings. The molecule has 1 atom stereocenters. The summed E-state index contributed by atoms with van der Waals surface area (Å²) < 4.78 is 5.73. The minimum atomic E-state index is -0.290. The number of allylic oxidation sites excluding steroid dienone is 3. The van der Waals surface area contributed by atoms with E-state index in [1.54, 1.807) is 6.08 Å². The van der Waals surface area contributed by atoms with Crippen LogP contribution in [0.3, 0.4) is 0 Å². The fraction of sp³-hybridized carbons (Fsp3) is 0.353. The van der Waals surface area contributed by atoms with Gasteiger partial charge in [0.25, 0.3) is 0 Å². The van der Waals surface area contributed by atoms with E-state index in [0.717, 1.165) is 30.6 Å². The SMILES string of the molecule is C=CCC1(C)CCC(OCc2ccccc2)=CC1=O. The molecule has 0 amide bonds. The maximum atomic E-state index is 12.1. The second kappa shape index (κ2) is 5.87. The van der Waals surface area contributed by atoms with Crippen LogP contribution in [0, 0.1) is 5.41 Å². The smallest absolute Gasteiger partial charge is 0.165 e. The summed E-state index contributed by atoms with van der Waals surface area (Å²) in [5.74, 6) is 0.956. The normalized spacial score (nSPS) is 22.8. The lowest BCUT2D eigenvalue weighted by atomic mass is 9.75. The molecule has 0 aliphatic heterocycles. The number of ether oxygens (including phenoxy) is 1. The Bertz CT molecular complexity index is 487. The van der Waals surface area contributed by atoms with E-state index in [1.165, 1.54) is 0 Å². The van der Waals surface area contributed by atoms with Gasteiger partial charge in [0.15, 0.2) is 5.78 Å². The van der Waals surface area contributed by atoms with Crippen LogP contribution < -0.4 is 0 Å². The third-order valence-corrected chi connectivity index (χ3v) is 3.67. The van der Waals surface area contributed by atoms with Gasteiger partial charge in [0, 0.05) is 17.9 Å². The average molecular weight is 256 g/mol. The molecule has 2 nitrogen and oxygen atoms in total. The molecule has 0 saturated heterocycles. The Kier molecular flexibility index (Phi) is 4.20. The predicted molar refractivity (Wildman–Crippen MR) is 76.5 cm³/mol. The molecule has 0 saturated carbocycles. The van der Waals surface area contributed by atoms with Crippen LogP contribution in [0.1, 0.15) is 31.7 Å². The highest BCUT2D eigenvalue weighted by atomic mass is 16.5. The third kappa shape index (κ3) is 3.34. The molecule has 1 aliphatic carbocycles. The van der Waals surface area contributed by atoms with Crippen LogP contribution >= 0.6 is 0 Å². The number of benzene rings is 1. The van der Waals surface area contributed by atoms with Crippen molar-refractivity contribution in [2.24, 2.45) is 5.41 Å². The van der Waals surface area contributed by atoms with Gasteiger partial charge in [-0.2, -0.15) is 0 Å². The van der Waals surface area contributed by atoms with E-state index < -0.39 is 0 Å². The zero-order chi connectivity index (χ0) is 13.7. The first-order valence-corrected chi connectivity index (χ1v) is 6.67. The lowest BCUT2D eigenvalue weighted by Crippen LogP contribution is -2.29. The Morgan fingerprint density at radius 1 is 1.37 bits per heavy atom. The van der Waals surface area contributed by atoms with Gasteiger partial charge in [0.1, 0.15) is 12.4 Å². The minimum absolute atomic E-state index is 0.154. The first kappa shape index (κ1) is 13.6. The molecule has 0 fully saturated rings. The Morgan fingerprint density at radius 3 is 2.74 bits per heavy atom. The maximum Gasteiger partial charge on any atom is 0.165 e. The molecule has 1 aromatic rings. The van der Waals surface area contributed by atoms with Gasteiger partial charge in [-0.1, -0.05) is 43.3 Å². The van der Waals surface area contributed by atoms with E-state index >= 15 is 0 Å². The number of hydrogen-bond acceptors (Lipinski definition) is 2. The molecule has 100 valence electrons. The van der Waals surface area contributed by atoms with Crippen molar-refractivity contribution in [3.63, 3.8) is 0 Å². The minimum Gasteiger partial charge on any atom is -0.493 e. The summed E-state index contributed by atoms with van der Waals surface area (Å²) in [6.45, 7) is 6.25. The van der Waals surface area contributed by atoms with Crippen LogP contribution in [-0.2, 0) is 16.1 Å². The molecule has 1 aromatic carbocycles. The monoisotopic (exact) mass is 256 g/mol. The molecule has 2 heteroatoms. The second-order valence-electron chi connectivity index (χ2n) is 5.30. The Morgan fingerprint density at radius 2 is 2.11 bits per heavy atom. The van der Waals surface area contributed by atoms with Crippen molar-refractivity contribution in [3.05, 3.63) is 60.4 Å². The van der Waals surface area contributed by atoms with Crippen LogP contribution in [0.5, 0.6) is 0 Å². The van der Waals surface area contributed by atoms with Gasteiger partial charge in [0.05, 0.1) is 0 Å². The quantitative estimate of drug-likeness (QED) is 0.743. The summed E-state index contributed by atoms with van der Waals surface area (Å²) in [5.41, 5.74) is 0.830. The van der Waals surface area contributed by atoms with Gasteiger partial charge in [-0.05, 0) is 18.4 Å². The number of carbonyl (C=O) groups is 1. The fourth-order valence-electron chi connectivity index (χ4n) is 2.30.